The van der Waals surface area contributed by atoms with E-state index in [-0.39, 0.29) is 11.9 Å². The molecule has 1 aliphatic heterocycles. The molecule has 1 aromatic heterocycles. The molecule has 0 saturated carbocycles. The maximum absolute atomic E-state index is 11.7. The van der Waals surface area contributed by atoms with E-state index in [1.165, 1.54) is 17.8 Å². The number of imide groups is 1. The van der Waals surface area contributed by atoms with Gasteiger partial charge in [0.15, 0.2) is 0 Å². The molecule has 1 N–H and O–H groups in total. The van der Waals surface area contributed by atoms with Crippen LogP contribution in [0, 0.1) is 0 Å². The third kappa shape index (κ3) is 2.61. The minimum Gasteiger partial charge on any atom is -0.324 e. The van der Waals surface area contributed by atoms with Gasteiger partial charge in [0.25, 0.3) is 5.91 Å². The molecule has 2 heterocycles. The Balaban J connectivity index is 1.89. The lowest BCUT2D eigenvalue weighted by Gasteiger charge is -2.26. The topological polar surface area (TPSA) is 49.4 Å². The van der Waals surface area contributed by atoms with Crippen molar-refractivity contribution in [2.24, 2.45) is 0 Å². The summed E-state index contributed by atoms with van der Waals surface area (Å²) in [7, 11) is 0. The highest BCUT2D eigenvalue weighted by Crippen LogP contribution is 2.10. The summed E-state index contributed by atoms with van der Waals surface area (Å²) >= 11 is 1.34. The molecule has 0 atom stereocenters. The molecule has 86 valence electrons. The Morgan fingerprint density at radius 2 is 2.00 bits per heavy atom. The van der Waals surface area contributed by atoms with Crippen molar-refractivity contribution >= 4 is 23.3 Å². The molecule has 16 heavy (non-hydrogen) atoms. The Hall–Kier alpha value is -1.36. The summed E-state index contributed by atoms with van der Waals surface area (Å²) in [5, 5.41) is 4.23. The van der Waals surface area contributed by atoms with Crippen LogP contribution in [0.1, 0.15) is 28.9 Å². The maximum Gasteiger partial charge on any atom is 0.324 e. The van der Waals surface area contributed by atoms with Gasteiger partial charge < -0.3 is 4.90 Å². The van der Waals surface area contributed by atoms with E-state index in [2.05, 4.69) is 5.32 Å². The van der Waals surface area contributed by atoms with Crippen molar-refractivity contribution < 1.29 is 9.59 Å². The lowest BCUT2D eigenvalue weighted by atomic mass is 10.1. The van der Waals surface area contributed by atoms with Crippen molar-refractivity contribution in [2.75, 3.05) is 13.1 Å². The summed E-state index contributed by atoms with van der Waals surface area (Å²) in [5.41, 5.74) is 0. The molecule has 1 aliphatic rings. The fourth-order valence-electron chi connectivity index (χ4n) is 1.74. The molecule has 1 aromatic rings. The number of piperidine rings is 1. The van der Waals surface area contributed by atoms with E-state index in [0.29, 0.717) is 4.88 Å². The predicted octanol–water partition coefficient (Wildman–Crippen LogP) is 2.08. The smallest absolute Gasteiger partial charge is 0.324 e. The van der Waals surface area contributed by atoms with E-state index in [4.69, 9.17) is 0 Å². The number of rotatable bonds is 1. The highest BCUT2D eigenvalue weighted by molar-refractivity contribution is 7.12. The summed E-state index contributed by atoms with van der Waals surface area (Å²) in [6.45, 7) is 1.51. The van der Waals surface area contributed by atoms with E-state index in [1.54, 1.807) is 17.0 Å². The van der Waals surface area contributed by atoms with Crippen LogP contribution in [0.5, 0.6) is 0 Å². The number of nitrogens with one attached hydrogen (secondary N) is 1. The molecule has 0 bridgehead atoms. The Kier molecular flexibility index (Phi) is 3.56. The van der Waals surface area contributed by atoms with E-state index in [9.17, 15) is 9.59 Å². The lowest BCUT2D eigenvalue weighted by molar-refractivity contribution is 0.0953. The van der Waals surface area contributed by atoms with Gasteiger partial charge in [-0.2, -0.15) is 0 Å². The third-order valence-corrected chi connectivity index (χ3v) is 3.48. The highest BCUT2D eigenvalue weighted by Gasteiger charge is 2.19. The second kappa shape index (κ2) is 5.12. The number of hydrogen-bond donors (Lipinski definition) is 1. The fourth-order valence-corrected chi connectivity index (χ4v) is 2.36. The second-order valence-electron chi connectivity index (χ2n) is 3.78. The molecule has 0 unspecified atom stereocenters. The number of likely N-dealkylation sites (tertiary alicyclic amines) is 1. The Morgan fingerprint density at radius 3 is 2.62 bits per heavy atom. The summed E-state index contributed by atoms with van der Waals surface area (Å²) in [4.78, 5) is 25.6. The van der Waals surface area contributed by atoms with Gasteiger partial charge in [0, 0.05) is 13.1 Å². The summed E-state index contributed by atoms with van der Waals surface area (Å²) in [5.74, 6) is -0.300. The fraction of sp³-hybridized carbons (Fsp3) is 0.455. The Bertz CT molecular complexity index is 369. The Morgan fingerprint density at radius 1 is 1.25 bits per heavy atom. The first kappa shape index (κ1) is 11.1. The largest absolute Gasteiger partial charge is 0.324 e. The van der Waals surface area contributed by atoms with Crippen LogP contribution in [-0.4, -0.2) is 29.9 Å². The zero-order valence-electron chi connectivity index (χ0n) is 8.94. The summed E-state index contributed by atoms with van der Waals surface area (Å²) < 4.78 is 0. The molecule has 2 rings (SSSR count). The summed E-state index contributed by atoms with van der Waals surface area (Å²) in [6.07, 6.45) is 3.23. The molecule has 0 aliphatic carbocycles. The van der Waals surface area contributed by atoms with E-state index in [0.717, 1.165) is 25.9 Å². The first-order valence-electron chi connectivity index (χ1n) is 5.41. The Labute approximate surface area is 98.3 Å². The van der Waals surface area contributed by atoms with Crippen LogP contribution in [-0.2, 0) is 0 Å². The highest BCUT2D eigenvalue weighted by atomic mass is 32.1. The van der Waals surface area contributed by atoms with Gasteiger partial charge in [0.1, 0.15) is 0 Å². The minimum atomic E-state index is -0.300. The number of hydrogen-bond acceptors (Lipinski definition) is 3. The van der Waals surface area contributed by atoms with Crippen LogP contribution in [0.3, 0.4) is 0 Å². The average Bonchev–Trinajstić information content (AvgIpc) is 2.83. The van der Waals surface area contributed by atoms with Crippen molar-refractivity contribution in [2.45, 2.75) is 19.3 Å². The van der Waals surface area contributed by atoms with Crippen molar-refractivity contribution in [1.82, 2.24) is 10.2 Å². The van der Waals surface area contributed by atoms with E-state index < -0.39 is 0 Å². The normalized spacial score (nSPS) is 15.9. The van der Waals surface area contributed by atoms with Gasteiger partial charge >= 0.3 is 6.03 Å². The molecule has 5 heteroatoms. The number of carbonyl (C=O) groups excluding carboxylic acids is 2. The lowest BCUT2D eigenvalue weighted by Crippen LogP contribution is -2.44. The SMILES string of the molecule is O=C(NC(=O)N1CCCCC1)c1cccs1. The third-order valence-electron chi connectivity index (χ3n) is 2.61. The molecular weight excluding hydrogens is 224 g/mol. The van der Waals surface area contributed by atoms with Gasteiger partial charge in [-0.05, 0) is 30.7 Å². The van der Waals surface area contributed by atoms with Crippen LogP contribution >= 0.6 is 11.3 Å². The first-order chi connectivity index (χ1) is 7.77. The second-order valence-corrected chi connectivity index (χ2v) is 4.73. The number of carbonyl (C=O) groups is 2. The molecule has 4 nitrogen and oxygen atoms in total. The standard InChI is InChI=1S/C11H14N2O2S/c14-10(9-5-4-8-16-9)12-11(15)13-6-2-1-3-7-13/h4-5,8H,1-3,6-7H2,(H,12,14,15). The molecule has 0 aromatic carbocycles. The molecule has 0 spiro atoms. The van der Waals surface area contributed by atoms with Gasteiger partial charge in [0.2, 0.25) is 0 Å². The van der Waals surface area contributed by atoms with Crippen LogP contribution in [0.25, 0.3) is 0 Å². The van der Waals surface area contributed by atoms with Crippen LogP contribution in [0.4, 0.5) is 4.79 Å². The van der Waals surface area contributed by atoms with Crippen molar-refractivity contribution in [1.29, 1.82) is 0 Å². The average molecular weight is 238 g/mol. The number of nitrogens with zero attached hydrogens (tertiary/aromatic N) is 1. The van der Waals surface area contributed by atoms with Crippen LogP contribution < -0.4 is 5.32 Å². The van der Waals surface area contributed by atoms with Crippen LogP contribution in [0.15, 0.2) is 17.5 Å². The van der Waals surface area contributed by atoms with E-state index >= 15 is 0 Å². The van der Waals surface area contributed by atoms with Gasteiger partial charge in [0.05, 0.1) is 4.88 Å². The molecular formula is C11H14N2O2S. The molecule has 1 fully saturated rings. The number of urea groups is 1. The monoisotopic (exact) mass is 238 g/mol. The number of amides is 3. The molecule has 1 saturated heterocycles. The minimum absolute atomic E-state index is 0.266. The maximum atomic E-state index is 11.7. The first-order valence-corrected chi connectivity index (χ1v) is 6.29. The number of thiophene rings is 1. The van der Waals surface area contributed by atoms with Gasteiger partial charge in [-0.15, -0.1) is 11.3 Å². The van der Waals surface area contributed by atoms with Crippen molar-refractivity contribution in [3.05, 3.63) is 22.4 Å². The zero-order valence-corrected chi connectivity index (χ0v) is 9.76. The van der Waals surface area contributed by atoms with E-state index in [1.807, 2.05) is 5.38 Å². The predicted molar refractivity (Wildman–Crippen MR) is 62.6 cm³/mol. The molecule has 0 radical (unpaired) electrons. The quantitative estimate of drug-likeness (QED) is 0.814. The van der Waals surface area contributed by atoms with Crippen LogP contribution in [0.2, 0.25) is 0 Å². The van der Waals surface area contributed by atoms with Gasteiger partial charge in [-0.3, -0.25) is 10.1 Å². The van der Waals surface area contributed by atoms with Crippen molar-refractivity contribution in [3.63, 3.8) is 0 Å². The molecule has 3 amide bonds. The zero-order chi connectivity index (χ0) is 11.4. The van der Waals surface area contributed by atoms with Crippen molar-refractivity contribution in [3.8, 4) is 0 Å². The summed E-state index contributed by atoms with van der Waals surface area (Å²) in [6, 6.07) is 3.24. The van der Waals surface area contributed by atoms with Gasteiger partial charge in [-0.1, -0.05) is 6.07 Å². The van der Waals surface area contributed by atoms with Gasteiger partial charge in [-0.25, -0.2) is 4.79 Å².